The minimum Gasteiger partial charge on any atom is -0.329 e. The quantitative estimate of drug-likeness (QED) is 0.751. The van der Waals surface area contributed by atoms with E-state index < -0.39 is 0 Å². The number of hydrogen-bond acceptors (Lipinski definition) is 4. The third-order valence-electron chi connectivity index (χ3n) is 5.00. The molecule has 4 nitrogen and oxygen atoms in total. The smallest absolute Gasteiger partial charge is 0.139 e. The maximum atomic E-state index is 4.62. The van der Waals surface area contributed by atoms with Gasteiger partial charge in [-0.15, -0.1) is 11.8 Å². The summed E-state index contributed by atoms with van der Waals surface area (Å²) in [4.78, 5) is 11.0. The summed E-state index contributed by atoms with van der Waals surface area (Å²) in [6.07, 6.45) is 7.33. The van der Waals surface area contributed by atoms with Gasteiger partial charge in [-0.1, -0.05) is 19.1 Å². The zero-order valence-corrected chi connectivity index (χ0v) is 15.8. The van der Waals surface area contributed by atoms with Crippen LogP contribution in [0.25, 0.3) is 11.4 Å². The zero-order chi connectivity index (χ0) is 16.9. The Morgan fingerprint density at radius 2 is 1.83 bits per heavy atom. The predicted molar refractivity (Wildman–Crippen MR) is 103 cm³/mol. The van der Waals surface area contributed by atoms with Crippen LogP contribution >= 0.6 is 11.8 Å². The summed E-state index contributed by atoms with van der Waals surface area (Å²) in [5.74, 6) is 1.08. The fourth-order valence-corrected chi connectivity index (χ4v) is 3.78. The highest BCUT2D eigenvalue weighted by Gasteiger charge is 2.22. The molecule has 0 spiro atoms. The van der Waals surface area contributed by atoms with Gasteiger partial charge in [0.05, 0.1) is 0 Å². The van der Waals surface area contributed by atoms with Crippen molar-refractivity contribution < 1.29 is 0 Å². The summed E-state index contributed by atoms with van der Waals surface area (Å²) in [6, 6.07) is 9.30. The van der Waals surface area contributed by atoms with E-state index in [2.05, 4.69) is 70.0 Å². The van der Waals surface area contributed by atoms with Gasteiger partial charge in [-0.05, 0) is 31.9 Å². The average molecular weight is 345 g/mol. The summed E-state index contributed by atoms with van der Waals surface area (Å²) in [6.45, 7) is 7.99. The van der Waals surface area contributed by atoms with Gasteiger partial charge in [-0.2, -0.15) is 0 Å². The minimum absolute atomic E-state index is 0.581. The lowest BCUT2D eigenvalue weighted by Gasteiger charge is -2.38. The highest BCUT2D eigenvalue weighted by atomic mass is 32.2. The molecule has 0 N–H and O–H groups in total. The number of rotatable bonds is 6. The van der Waals surface area contributed by atoms with E-state index in [1.165, 1.54) is 43.1 Å². The van der Waals surface area contributed by atoms with Gasteiger partial charge in [0.15, 0.2) is 0 Å². The Morgan fingerprint density at radius 3 is 2.46 bits per heavy atom. The number of imidazole rings is 1. The Kier molecular flexibility index (Phi) is 5.98. The molecule has 2 aromatic rings. The first kappa shape index (κ1) is 17.5. The Labute approximate surface area is 149 Å². The molecule has 1 fully saturated rings. The Bertz CT molecular complexity index is 629. The van der Waals surface area contributed by atoms with E-state index in [-0.39, 0.29) is 0 Å². The van der Waals surface area contributed by atoms with Crippen LogP contribution in [0.15, 0.2) is 41.6 Å². The lowest BCUT2D eigenvalue weighted by Crippen LogP contribution is -2.50. The molecule has 1 saturated heterocycles. The second kappa shape index (κ2) is 8.19. The second-order valence-electron chi connectivity index (χ2n) is 6.53. The molecule has 1 aliphatic rings. The van der Waals surface area contributed by atoms with E-state index in [1.807, 2.05) is 6.20 Å². The summed E-state index contributed by atoms with van der Waals surface area (Å²) < 4.78 is 2.32. The molecular formula is C19H28N4S. The lowest BCUT2D eigenvalue weighted by atomic mass is 10.1. The molecule has 0 radical (unpaired) electrons. The number of hydrogen-bond donors (Lipinski definition) is 0. The van der Waals surface area contributed by atoms with Gasteiger partial charge in [-0.3, -0.25) is 4.90 Å². The van der Waals surface area contributed by atoms with Gasteiger partial charge in [-0.25, -0.2) is 4.98 Å². The van der Waals surface area contributed by atoms with Crippen molar-refractivity contribution in [2.75, 3.05) is 39.5 Å². The summed E-state index contributed by atoms with van der Waals surface area (Å²) in [5, 5.41) is 0. The molecule has 0 aliphatic carbocycles. The van der Waals surface area contributed by atoms with Crippen molar-refractivity contribution in [1.29, 1.82) is 0 Å². The summed E-state index contributed by atoms with van der Waals surface area (Å²) >= 11 is 1.77. The van der Waals surface area contributed by atoms with Crippen LogP contribution in [0, 0.1) is 0 Å². The van der Waals surface area contributed by atoms with Crippen molar-refractivity contribution >= 4 is 11.8 Å². The van der Waals surface area contributed by atoms with Crippen molar-refractivity contribution in [3.05, 3.63) is 36.7 Å². The van der Waals surface area contributed by atoms with Crippen LogP contribution < -0.4 is 0 Å². The largest absolute Gasteiger partial charge is 0.329 e. The van der Waals surface area contributed by atoms with E-state index in [1.54, 1.807) is 11.8 Å². The molecule has 1 aromatic carbocycles. The van der Waals surface area contributed by atoms with E-state index in [0.717, 1.165) is 12.4 Å². The van der Waals surface area contributed by atoms with Gasteiger partial charge >= 0.3 is 0 Å². The highest BCUT2D eigenvalue weighted by molar-refractivity contribution is 7.98. The normalized spacial score (nSPS) is 18.0. The third-order valence-corrected chi connectivity index (χ3v) is 5.74. The van der Waals surface area contributed by atoms with Crippen molar-refractivity contribution in [1.82, 2.24) is 19.4 Å². The van der Waals surface area contributed by atoms with Crippen molar-refractivity contribution in [3.63, 3.8) is 0 Å². The third kappa shape index (κ3) is 4.02. The van der Waals surface area contributed by atoms with Crippen LogP contribution in [0.2, 0.25) is 0 Å². The Balaban J connectivity index is 1.73. The zero-order valence-electron chi connectivity index (χ0n) is 15.0. The maximum absolute atomic E-state index is 4.62. The molecule has 3 rings (SSSR count). The molecule has 1 aromatic heterocycles. The molecule has 0 saturated carbocycles. The van der Waals surface area contributed by atoms with Gasteiger partial charge in [0, 0.05) is 61.6 Å². The highest BCUT2D eigenvalue weighted by Crippen LogP contribution is 2.23. The predicted octanol–water partition coefficient (Wildman–Crippen LogP) is 3.30. The number of nitrogens with zero attached hydrogens (tertiary/aromatic N) is 4. The summed E-state index contributed by atoms with van der Waals surface area (Å²) in [5.41, 5.74) is 1.20. The molecule has 2 heterocycles. The molecule has 0 amide bonds. The number of likely N-dealkylation sites (N-methyl/N-ethyl adjacent to an activating group) is 1. The van der Waals surface area contributed by atoms with Gasteiger partial charge in [0.25, 0.3) is 0 Å². The molecule has 24 heavy (non-hydrogen) atoms. The molecular weight excluding hydrogens is 316 g/mol. The van der Waals surface area contributed by atoms with Gasteiger partial charge in [0.1, 0.15) is 5.82 Å². The fraction of sp³-hybridized carbons (Fsp3) is 0.526. The minimum atomic E-state index is 0.581. The van der Waals surface area contributed by atoms with Gasteiger partial charge < -0.3 is 9.47 Å². The molecule has 1 atom stereocenters. The SMILES string of the molecule is CC[C@H](Cn1ccnc1-c1ccc(SC)cc1)N1CCN(C)CC1. The number of benzene rings is 1. The first-order valence-electron chi connectivity index (χ1n) is 8.79. The molecule has 0 unspecified atom stereocenters. The van der Waals surface area contributed by atoms with Crippen LogP contribution in [0.5, 0.6) is 0 Å². The topological polar surface area (TPSA) is 24.3 Å². The van der Waals surface area contributed by atoms with Crippen LogP contribution in [-0.4, -0.2) is 64.9 Å². The molecule has 0 bridgehead atoms. The number of thioether (sulfide) groups is 1. The van der Waals surface area contributed by atoms with Crippen molar-refractivity contribution in [3.8, 4) is 11.4 Å². The van der Waals surface area contributed by atoms with E-state index in [0.29, 0.717) is 6.04 Å². The number of aromatic nitrogens is 2. The van der Waals surface area contributed by atoms with E-state index >= 15 is 0 Å². The van der Waals surface area contributed by atoms with Crippen molar-refractivity contribution in [2.24, 2.45) is 0 Å². The van der Waals surface area contributed by atoms with Crippen LogP contribution in [0.3, 0.4) is 0 Å². The molecule has 1 aliphatic heterocycles. The monoisotopic (exact) mass is 344 g/mol. The molecule has 5 heteroatoms. The van der Waals surface area contributed by atoms with E-state index in [4.69, 9.17) is 0 Å². The van der Waals surface area contributed by atoms with Crippen LogP contribution in [-0.2, 0) is 6.54 Å². The first-order chi connectivity index (χ1) is 11.7. The maximum Gasteiger partial charge on any atom is 0.139 e. The standard InChI is InChI=1S/C19H28N4S/c1-4-17(22-13-11-21(2)12-14-22)15-23-10-9-20-19(23)16-5-7-18(24-3)8-6-16/h5-10,17H,4,11-15H2,1-3H3/t17-/m1/s1. The first-order valence-corrected chi connectivity index (χ1v) is 10.0. The average Bonchev–Trinajstić information content (AvgIpc) is 3.09. The Morgan fingerprint density at radius 1 is 1.12 bits per heavy atom. The molecule has 130 valence electrons. The van der Waals surface area contributed by atoms with Crippen LogP contribution in [0.4, 0.5) is 0 Å². The van der Waals surface area contributed by atoms with Crippen LogP contribution in [0.1, 0.15) is 13.3 Å². The summed E-state index contributed by atoms with van der Waals surface area (Å²) in [7, 11) is 2.21. The second-order valence-corrected chi connectivity index (χ2v) is 7.41. The Hall–Kier alpha value is -1.30. The van der Waals surface area contributed by atoms with Gasteiger partial charge in [0.2, 0.25) is 0 Å². The van der Waals surface area contributed by atoms with E-state index in [9.17, 15) is 0 Å². The van der Waals surface area contributed by atoms with Crippen molar-refractivity contribution in [2.45, 2.75) is 30.8 Å². The fourth-order valence-electron chi connectivity index (χ4n) is 3.37. The lowest BCUT2D eigenvalue weighted by molar-refractivity contribution is 0.100. The number of piperazine rings is 1.